The maximum atomic E-state index is 13.1. The van der Waals surface area contributed by atoms with Gasteiger partial charge < -0.3 is 24.6 Å². The van der Waals surface area contributed by atoms with E-state index in [1.807, 2.05) is 0 Å². The highest BCUT2D eigenvalue weighted by Crippen LogP contribution is 2.26. The van der Waals surface area contributed by atoms with Crippen LogP contribution in [-0.2, 0) is 20.9 Å². The summed E-state index contributed by atoms with van der Waals surface area (Å²) in [5.41, 5.74) is 1.18. The van der Waals surface area contributed by atoms with E-state index in [1.165, 1.54) is 36.2 Å². The third-order valence-electron chi connectivity index (χ3n) is 5.31. The quantitative estimate of drug-likeness (QED) is 0.633. The highest BCUT2D eigenvalue weighted by molar-refractivity contribution is 6.35. The van der Waals surface area contributed by atoms with E-state index in [9.17, 15) is 18.8 Å². The van der Waals surface area contributed by atoms with Crippen LogP contribution in [0.25, 0.3) is 0 Å². The molecule has 1 saturated heterocycles. The van der Waals surface area contributed by atoms with E-state index in [0.717, 1.165) is 5.56 Å². The number of nitrogens with one attached hydrogen (secondary N) is 1. The van der Waals surface area contributed by atoms with Gasteiger partial charge in [0.1, 0.15) is 23.4 Å². The number of piperazine rings is 1. The van der Waals surface area contributed by atoms with Gasteiger partial charge in [-0.25, -0.2) is 4.39 Å². The number of carbonyl (C=O) groups excluding carboxylic acids is 3. The lowest BCUT2D eigenvalue weighted by Crippen LogP contribution is -2.59. The van der Waals surface area contributed by atoms with Gasteiger partial charge in [0.05, 0.1) is 14.2 Å². The second kappa shape index (κ2) is 10.1. The van der Waals surface area contributed by atoms with Crippen LogP contribution in [0, 0.1) is 5.82 Å². The zero-order valence-corrected chi connectivity index (χ0v) is 18.3. The number of benzene rings is 2. The molecule has 0 saturated carbocycles. The van der Waals surface area contributed by atoms with E-state index in [-0.39, 0.29) is 25.5 Å². The summed E-state index contributed by atoms with van der Waals surface area (Å²) in [7, 11) is 3.01. The van der Waals surface area contributed by atoms with Crippen molar-refractivity contribution in [3.63, 3.8) is 0 Å². The van der Waals surface area contributed by atoms with Gasteiger partial charge >= 0.3 is 11.8 Å². The number of methoxy groups -OCH3 is 2. The third kappa shape index (κ3) is 5.16. The van der Waals surface area contributed by atoms with Crippen LogP contribution in [0.4, 0.5) is 10.1 Å². The van der Waals surface area contributed by atoms with Crippen LogP contribution in [0.5, 0.6) is 11.5 Å². The molecule has 0 aliphatic carbocycles. The van der Waals surface area contributed by atoms with Gasteiger partial charge in [0.2, 0.25) is 5.91 Å². The molecule has 8 nitrogen and oxygen atoms in total. The Morgan fingerprint density at radius 2 is 1.66 bits per heavy atom. The van der Waals surface area contributed by atoms with Crippen molar-refractivity contribution in [2.24, 2.45) is 0 Å². The van der Waals surface area contributed by atoms with Crippen molar-refractivity contribution in [1.29, 1.82) is 0 Å². The molecule has 0 radical (unpaired) electrons. The predicted octanol–water partition coefficient (Wildman–Crippen LogP) is 2.43. The highest BCUT2D eigenvalue weighted by Gasteiger charge is 2.38. The van der Waals surface area contributed by atoms with Crippen molar-refractivity contribution in [2.45, 2.75) is 25.9 Å². The Kier molecular flexibility index (Phi) is 7.29. The Hall–Kier alpha value is -3.62. The van der Waals surface area contributed by atoms with Crippen molar-refractivity contribution in [3.8, 4) is 11.5 Å². The normalized spacial score (nSPS) is 14.9. The van der Waals surface area contributed by atoms with E-state index < -0.39 is 23.8 Å². The molecule has 1 aliphatic rings. The lowest BCUT2D eigenvalue weighted by molar-refractivity contribution is -0.159. The summed E-state index contributed by atoms with van der Waals surface area (Å²) in [5.74, 6) is -1.18. The predicted molar refractivity (Wildman–Crippen MR) is 116 cm³/mol. The van der Waals surface area contributed by atoms with E-state index in [0.29, 0.717) is 23.6 Å². The van der Waals surface area contributed by atoms with Gasteiger partial charge in [-0.3, -0.25) is 14.4 Å². The summed E-state index contributed by atoms with van der Waals surface area (Å²) in [6.45, 7) is 2.47. The van der Waals surface area contributed by atoms with Gasteiger partial charge in [-0.15, -0.1) is 0 Å². The van der Waals surface area contributed by atoms with Crippen LogP contribution in [0.3, 0.4) is 0 Å². The highest BCUT2D eigenvalue weighted by atomic mass is 19.1. The van der Waals surface area contributed by atoms with Crippen LogP contribution in [0.1, 0.15) is 18.9 Å². The van der Waals surface area contributed by atoms with E-state index >= 15 is 0 Å². The number of anilines is 1. The van der Waals surface area contributed by atoms with Gasteiger partial charge in [0, 0.05) is 43.5 Å². The van der Waals surface area contributed by atoms with Crippen LogP contribution in [0.2, 0.25) is 0 Å². The Morgan fingerprint density at radius 1 is 1.03 bits per heavy atom. The molecule has 1 aliphatic heterocycles. The van der Waals surface area contributed by atoms with Crippen molar-refractivity contribution < 1.29 is 28.2 Å². The molecule has 2 aromatic rings. The molecule has 0 spiro atoms. The zero-order valence-electron chi connectivity index (χ0n) is 18.3. The number of carbonyl (C=O) groups is 3. The molecule has 0 aromatic heterocycles. The monoisotopic (exact) mass is 443 g/mol. The fourth-order valence-electron chi connectivity index (χ4n) is 3.60. The topological polar surface area (TPSA) is 88.2 Å². The number of amides is 3. The molecule has 1 N–H and O–H groups in total. The van der Waals surface area contributed by atoms with Crippen LogP contribution in [-0.4, -0.2) is 60.9 Å². The molecule has 1 fully saturated rings. The van der Waals surface area contributed by atoms with E-state index in [2.05, 4.69) is 5.32 Å². The number of ether oxygens (including phenoxy) is 2. The second-order valence-electron chi connectivity index (χ2n) is 7.37. The van der Waals surface area contributed by atoms with Gasteiger partial charge in [0.15, 0.2) is 0 Å². The largest absolute Gasteiger partial charge is 0.497 e. The number of hydrogen-bond acceptors (Lipinski definition) is 5. The summed E-state index contributed by atoms with van der Waals surface area (Å²) < 4.78 is 23.5. The first kappa shape index (κ1) is 23.1. The first-order chi connectivity index (χ1) is 15.4. The lowest BCUT2D eigenvalue weighted by atomic mass is 10.1. The molecular weight excluding hydrogens is 417 g/mol. The van der Waals surface area contributed by atoms with Crippen LogP contribution in [0.15, 0.2) is 42.5 Å². The average molecular weight is 443 g/mol. The maximum Gasteiger partial charge on any atom is 0.312 e. The van der Waals surface area contributed by atoms with Gasteiger partial charge in [0.25, 0.3) is 0 Å². The van der Waals surface area contributed by atoms with Gasteiger partial charge in [-0.1, -0.05) is 19.1 Å². The molecule has 9 heteroatoms. The summed E-state index contributed by atoms with van der Waals surface area (Å²) in [6.07, 6.45) is 0.337. The molecule has 170 valence electrons. The van der Waals surface area contributed by atoms with Gasteiger partial charge in [-0.2, -0.15) is 0 Å². The SMILES string of the molecule is CC[C@H](C(=O)Nc1cc(OC)cc(OC)c1)N1CCN(Cc2ccc(F)cc2)C(=O)C1=O. The maximum absolute atomic E-state index is 13.1. The first-order valence-corrected chi connectivity index (χ1v) is 10.2. The molecule has 2 aromatic carbocycles. The standard InChI is InChI=1S/C23H26FN3O5/c1-4-20(21(28)25-17-11-18(31-2)13-19(12-17)32-3)27-10-9-26(22(29)23(27)30)14-15-5-7-16(24)8-6-15/h5-8,11-13,20H,4,9-10,14H2,1-3H3,(H,25,28)/t20-/m1/s1. The number of nitrogens with zero attached hydrogens (tertiary/aromatic N) is 2. The number of halogens is 1. The fraction of sp³-hybridized carbons (Fsp3) is 0.348. The molecule has 0 unspecified atom stereocenters. The summed E-state index contributed by atoms with van der Waals surface area (Å²) in [6, 6.07) is 9.91. The minimum atomic E-state index is -0.809. The summed E-state index contributed by atoms with van der Waals surface area (Å²) >= 11 is 0. The molecular formula is C23H26FN3O5. The minimum absolute atomic E-state index is 0.200. The van der Waals surface area contributed by atoms with E-state index in [4.69, 9.17) is 9.47 Å². The van der Waals surface area contributed by atoms with Crippen molar-refractivity contribution >= 4 is 23.4 Å². The van der Waals surface area contributed by atoms with Gasteiger partial charge in [-0.05, 0) is 24.1 Å². The lowest BCUT2D eigenvalue weighted by Gasteiger charge is -2.37. The van der Waals surface area contributed by atoms with Crippen LogP contribution >= 0.6 is 0 Å². The third-order valence-corrected chi connectivity index (χ3v) is 5.31. The Morgan fingerprint density at radius 3 is 2.22 bits per heavy atom. The summed E-state index contributed by atoms with van der Waals surface area (Å²) in [4.78, 5) is 41.1. The number of rotatable bonds is 8. The Balaban J connectivity index is 1.69. The van der Waals surface area contributed by atoms with Crippen LogP contribution < -0.4 is 14.8 Å². The molecule has 32 heavy (non-hydrogen) atoms. The molecule has 3 rings (SSSR count). The smallest absolute Gasteiger partial charge is 0.312 e. The van der Waals surface area contributed by atoms with Crippen molar-refractivity contribution in [2.75, 3.05) is 32.6 Å². The molecule has 0 bridgehead atoms. The number of hydrogen-bond donors (Lipinski definition) is 1. The first-order valence-electron chi connectivity index (χ1n) is 10.2. The minimum Gasteiger partial charge on any atom is -0.497 e. The fourth-order valence-corrected chi connectivity index (χ4v) is 3.60. The zero-order chi connectivity index (χ0) is 23.3. The molecule has 1 heterocycles. The summed E-state index contributed by atoms with van der Waals surface area (Å²) in [5, 5.41) is 2.78. The van der Waals surface area contributed by atoms with Crippen molar-refractivity contribution in [3.05, 3.63) is 53.8 Å². The van der Waals surface area contributed by atoms with Crippen molar-refractivity contribution in [1.82, 2.24) is 9.80 Å². The Labute approximate surface area is 185 Å². The second-order valence-corrected chi connectivity index (χ2v) is 7.37. The average Bonchev–Trinajstić information content (AvgIpc) is 2.79. The molecule has 1 atom stereocenters. The molecule has 3 amide bonds. The van der Waals surface area contributed by atoms with E-state index in [1.54, 1.807) is 37.3 Å². The Bertz CT molecular complexity index is 973.